The van der Waals surface area contributed by atoms with Crippen molar-refractivity contribution in [3.8, 4) is 5.75 Å². The maximum atomic E-state index is 12.9. The molecule has 3 rings (SSSR count). The number of rotatable bonds is 8. The number of likely N-dealkylation sites (tertiary alicyclic amines) is 1. The summed E-state index contributed by atoms with van der Waals surface area (Å²) in [5, 5.41) is 11.0. The summed E-state index contributed by atoms with van der Waals surface area (Å²) in [4.78, 5) is 27.2. The van der Waals surface area contributed by atoms with Gasteiger partial charge in [0.2, 0.25) is 0 Å². The van der Waals surface area contributed by atoms with Crippen LogP contribution >= 0.6 is 0 Å². The fourth-order valence-corrected chi connectivity index (χ4v) is 3.62. The lowest BCUT2D eigenvalue weighted by Gasteiger charge is -2.25. The fraction of sp³-hybridized carbons (Fsp3) is 0.333. The lowest BCUT2D eigenvalue weighted by Crippen LogP contribution is -2.31. The highest BCUT2D eigenvalue weighted by atomic mass is 16.5. The maximum absolute atomic E-state index is 12.9. The molecule has 1 fully saturated rings. The zero-order valence-corrected chi connectivity index (χ0v) is 17.6. The standard InChI is InChI=1S/C24H27NO5/c1-4-30-19-12-10-17(11-13-19)21-20(22(26)18-8-6-16(2)7-9-18)23(27)24(28)25(21)14-5-15-29-3/h6-13,21,26H,4-5,14-15H2,1-3H3. The molecule has 0 aliphatic carbocycles. The molecule has 1 aliphatic rings. The van der Waals surface area contributed by atoms with E-state index in [2.05, 4.69) is 0 Å². The van der Waals surface area contributed by atoms with Crippen molar-refractivity contribution < 1.29 is 24.2 Å². The van der Waals surface area contributed by atoms with Gasteiger partial charge in [0.1, 0.15) is 11.5 Å². The van der Waals surface area contributed by atoms with Gasteiger partial charge < -0.3 is 19.5 Å². The van der Waals surface area contributed by atoms with Crippen LogP contribution in [0.5, 0.6) is 5.75 Å². The Bertz CT molecular complexity index is 931. The average Bonchev–Trinajstić information content (AvgIpc) is 3.00. The number of aryl methyl sites for hydroxylation is 1. The third-order valence-electron chi connectivity index (χ3n) is 5.12. The minimum absolute atomic E-state index is 0.102. The predicted octanol–water partition coefficient (Wildman–Crippen LogP) is 3.85. The molecule has 6 nitrogen and oxygen atoms in total. The van der Waals surface area contributed by atoms with Crippen LogP contribution in [0.25, 0.3) is 5.76 Å². The van der Waals surface area contributed by atoms with Crippen molar-refractivity contribution in [3.63, 3.8) is 0 Å². The summed E-state index contributed by atoms with van der Waals surface area (Å²) < 4.78 is 10.6. The quantitative estimate of drug-likeness (QED) is 0.310. The van der Waals surface area contributed by atoms with E-state index in [1.807, 2.05) is 38.1 Å². The summed E-state index contributed by atoms with van der Waals surface area (Å²) in [6.45, 7) is 5.21. The number of nitrogens with zero attached hydrogens (tertiary/aromatic N) is 1. The predicted molar refractivity (Wildman–Crippen MR) is 114 cm³/mol. The van der Waals surface area contributed by atoms with Crippen LogP contribution in [0, 0.1) is 6.92 Å². The highest BCUT2D eigenvalue weighted by molar-refractivity contribution is 6.46. The smallest absolute Gasteiger partial charge is 0.295 e. The number of ether oxygens (including phenoxy) is 2. The Labute approximate surface area is 176 Å². The van der Waals surface area contributed by atoms with Crippen molar-refractivity contribution in [2.24, 2.45) is 0 Å². The SMILES string of the molecule is CCOc1ccc(C2C(=C(O)c3ccc(C)cc3)C(=O)C(=O)N2CCCOC)cc1. The molecule has 1 unspecified atom stereocenters. The molecule has 1 atom stereocenters. The highest BCUT2D eigenvalue weighted by Gasteiger charge is 2.45. The lowest BCUT2D eigenvalue weighted by atomic mass is 9.95. The molecule has 0 aromatic heterocycles. The van der Waals surface area contributed by atoms with Crippen molar-refractivity contribution >= 4 is 17.4 Å². The highest BCUT2D eigenvalue weighted by Crippen LogP contribution is 2.39. The second-order valence-electron chi connectivity index (χ2n) is 7.21. The summed E-state index contributed by atoms with van der Waals surface area (Å²) in [7, 11) is 1.59. The van der Waals surface area contributed by atoms with Gasteiger partial charge in [-0.05, 0) is 38.0 Å². The second kappa shape index (κ2) is 9.59. The van der Waals surface area contributed by atoms with Gasteiger partial charge in [0.15, 0.2) is 0 Å². The van der Waals surface area contributed by atoms with Crippen molar-refractivity contribution in [2.45, 2.75) is 26.3 Å². The number of methoxy groups -OCH3 is 1. The Morgan fingerprint density at radius 3 is 2.33 bits per heavy atom. The van der Waals surface area contributed by atoms with E-state index in [0.29, 0.717) is 37.5 Å². The second-order valence-corrected chi connectivity index (χ2v) is 7.21. The number of aliphatic hydroxyl groups is 1. The molecule has 0 spiro atoms. The number of hydrogen-bond donors (Lipinski definition) is 1. The Kier molecular flexibility index (Phi) is 6.90. The van der Waals surface area contributed by atoms with Crippen LogP contribution in [0.4, 0.5) is 0 Å². The zero-order chi connectivity index (χ0) is 21.7. The van der Waals surface area contributed by atoms with E-state index >= 15 is 0 Å². The van der Waals surface area contributed by atoms with E-state index in [-0.39, 0.29) is 11.3 Å². The number of Topliss-reactive ketones (excluding diaryl/α,β-unsaturated/α-hetero) is 1. The number of amides is 1. The molecule has 0 bridgehead atoms. The first kappa shape index (κ1) is 21.6. The molecule has 1 aliphatic heterocycles. The van der Waals surface area contributed by atoms with E-state index in [9.17, 15) is 14.7 Å². The Morgan fingerprint density at radius 1 is 1.07 bits per heavy atom. The van der Waals surface area contributed by atoms with Gasteiger partial charge in [0, 0.05) is 25.8 Å². The first-order valence-electron chi connectivity index (χ1n) is 10.0. The minimum Gasteiger partial charge on any atom is -0.507 e. The van der Waals surface area contributed by atoms with Gasteiger partial charge in [-0.3, -0.25) is 9.59 Å². The molecule has 1 amide bonds. The van der Waals surface area contributed by atoms with E-state index in [0.717, 1.165) is 11.1 Å². The average molecular weight is 409 g/mol. The Balaban J connectivity index is 2.07. The molecular formula is C24H27NO5. The van der Waals surface area contributed by atoms with E-state index < -0.39 is 17.7 Å². The van der Waals surface area contributed by atoms with Crippen LogP contribution in [0.3, 0.4) is 0 Å². The van der Waals surface area contributed by atoms with Gasteiger partial charge in [-0.1, -0.05) is 42.0 Å². The minimum atomic E-state index is -0.677. The molecule has 30 heavy (non-hydrogen) atoms. The number of aliphatic hydroxyl groups excluding tert-OH is 1. The van der Waals surface area contributed by atoms with E-state index in [4.69, 9.17) is 9.47 Å². The first-order chi connectivity index (χ1) is 14.5. The lowest BCUT2D eigenvalue weighted by molar-refractivity contribution is -0.140. The molecule has 158 valence electrons. The summed E-state index contributed by atoms with van der Waals surface area (Å²) in [5.41, 5.74) is 2.38. The monoisotopic (exact) mass is 409 g/mol. The number of ketones is 1. The van der Waals surface area contributed by atoms with Crippen molar-refractivity contribution in [3.05, 3.63) is 70.8 Å². The number of hydrogen-bond acceptors (Lipinski definition) is 5. The summed E-state index contributed by atoms with van der Waals surface area (Å²) in [5.74, 6) is -0.749. The molecule has 1 N–H and O–H groups in total. The van der Waals surface area contributed by atoms with Crippen LogP contribution in [-0.2, 0) is 14.3 Å². The molecule has 6 heteroatoms. The molecule has 1 heterocycles. The molecule has 0 radical (unpaired) electrons. The van der Waals surface area contributed by atoms with Gasteiger partial charge in [-0.2, -0.15) is 0 Å². The topological polar surface area (TPSA) is 76.1 Å². The van der Waals surface area contributed by atoms with Gasteiger partial charge >= 0.3 is 0 Å². The van der Waals surface area contributed by atoms with E-state index in [1.54, 1.807) is 31.4 Å². The number of benzene rings is 2. The summed E-state index contributed by atoms with van der Waals surface area (Å²) in [6, 6.07) is 13.8. The molecule has 1 saturated heterocycles. The van der Waals surface area contributed by atoms with Gasteiger partial charge in [-0.25, -0.2) is 0 Å². The largest absolute Gasteiger partial charge is 0.507 e. The van der Waals surface area contributed by atoms with Crippen LogP contribution in [0.15, 0.2) is 54.1 Å². The first-order valence-corrected chi connectivity index (χ1v) is 10.0. The number of carbonyl (C=O) groups excluding carboxylic acids is 2. The third-order valence-corrected chi connectivity index (χ3v) is 5.12. The molecular weight excluding hydrogens is 382 g/mol. The van der Waals surface area contributed by atoms with Crippen LogP contribution in [-0.4, -0.2) is 48.6 Å². The maximum Gasteiger partial charge on any atom is 0.295 e. The Morgan fingerprint density at radius 2 is 1.73 bits per heavy atom. The van der Waals surface area contributed by atoms with Crippen LogP contribution in [0.2, 0.25) is 0 Å². The molecule has 2 aromatic rings. The van der Waals surface area contributed by atoms with Crippen molar-refractivity contribution in [1.82, 2.24) is 4.90 Å². The van der Waals surface area contributed by atoms with Crippen LogP contribution < -0.4 is 4.74 Å². The van der Waals surface area contributed by atoms with Gasteiger partial charge in [-0.15, -0.1) is 0 Å². The van der Waals surface area contributed by atoms with E-state index in [1.165, 1.54) is 4.90 Å². The van der Waals surface area contributed by atoms with Gasteiger partial charge in [0.25, 0.3) is 11.7 Å². The summed E-state index contributed by atoms with van der Waals surface area (Å²) in [6.07, 6.45) is 0.585. The van der Waals surface area contributed by atoms with Crippen molar-refractivity contribution in [1.29, 1.82) is 0 Å². The number of carbonyl (C=O) groups is 2. The summed E-state index contributed by atoms with van der Waals surface area (Å²) >= 11 is 0. The van der Waals surface area contributed by atoms with Gasteiger partial charge in [0.05, 0.1) is 18.2 Å². The fourth-order valence-electron chi connectivity index (χ4n) is 3.62. The molecule has 0 saturated carbocycles. The Hall–Kier alpha value is -3.12. The van der Waals surface area contributed by atoms with Crippen LogP contribution in [0.1, 0.15) is 36.1 Å². The van der Waals surface area contributed by atoms with Crippen molar-refractivity contribution in [2.75, 3.05) is 26.9 Å². The molecule has 2 aromatic carbocycles. The third kappa shape index (κ3) is 4.39. The zero-order valence-electron chi connectivity index (χ0n) is 17.6. The normalized spacial score (nSPS) is 18.1.